The minimum absolute atomic E-state index is 0.0405. The highest BCUT2D eigenvalue weighted by Gasteiger charge is 2.10. The van der Waals surface area contributed by atoms with E-state index in [1.165, 1.54) is 11.3 Å². The van der Waals surface area contributed by atoms with Crippen LogP contribution in [0.2, 0.25) is 0 Å². The van der Waals surface area contributed by atoms with Gasteiger partial charge in [0.2, 0.25) is 0 Å². The van der Waals surface area contributed by atoms with Crippen LogP contribution in [0.3, 0.4) is 0 Å². The predicted octanol–water partition coefficient (Wildman–Crippen LogP) is 1.08. The second-order valence-electron chi connectivity index (χ2n) is 2.09. The van der Waals surface area contributed by atoms with Crippen molar-refractivity contribution in [3.05, 3.63) is 22.4 Å². The summed E-state index contributed by atoms with van der Waals surface area (Å²) in [6, 6.07) is 1.32. The molecule has 0 aliphatic heterocycles. The second kappa shape index (κ2) is 2.94. The molecular formula is C7H8NOS. The lowest BCUT2D eigenvalue weighted by Crippen LogP contribution is -2.26. The Hall–Kier alpha value is -0.670. The molecule has 1 heterocycles. The predicted molar refractivity (Wildman–Crippen MR) is 41.1 cm³/mol. The van der Waals surface area contributed by atoms with Gasteiger partial charge in [-0.05, 0) is 18.4 Å². The van der Waals surface area contributed by atoms with Crippen molar-refractivity contribution < 1.29 is 4.79 Å². The first-order chi connectivity index (χ1) is 4.72. The van der Waals surface area contributed by atoms with Crippen molar-refractivity contribution in [2.24, 2.45) is 5.73 Å². The van der Waals surface area contributed by atoms with Crippen molar-refractivity contribution in [1.82, 2.24) is 0 Å². The van der Waals surface area contributed by atoms with E-state index in [2.05, 4.69) is 5.38 Å². The normalized spacial score (nSPS) is 13.0. The monoisotopic (exact) mass is 154 g/mol. The van der Waals surface area contributed by atoms with Crippen LogP contribution in [0.4, 0.5) is 0 Å². The fourth-order valence-electron chi connectivity index (χ4n) is 0.611. The number of hydrogen-bond acceptors (Lipinski definition) is 3. The van der Waals surface area contributed by atoms with E-state index >= 15 is 0 Å². The molecule has 10 heavy (non-hydrogen) atoms. The van der Waals surface area contributed by atoms with Crippen LogP contribution in [0.5, 0.6) is 0 Å². The standard InChI is InChI=1S/C7H8NOS/c1-5(8)7(9)6-2-3-10-4-6/h2-3,5H,8H2,1H3/t5-/m0/s1. The molecule has 0 aliphatic carbocycles. The Kier molecular flexibility index (Phi) is 2.19. The number of carbonyl (C=O) groups excluding carboxylic acids is 1. The van der Waals surface area contributed by atoms with Gasteiger partial charge in [-0.3, -0.25) is 4.79 Å². The van der Waals surface area contributed by atoms with E-state index in [0.717, 1.165) is 0 Å². The number of thiophene rings is 1. The molecule has 0 saturated carbocycles. The third kappa shape index (κ3) is 1.43. The van der Waals surface area contributed by atoms with Crippen molar-refractivity contribution in [3.63, 3.8) is 0 Å². The zero-order chi connectivity index (χ0) is 7.56. The molecule has 0 aliphatic rings. The molecular weight excluding hydrogens is 146 g/mol. The van der Waals surface area contributed by atoms with Crippen LogP contribution in [-0.2, 0) is 0 Å². The summed E-state index contributed by atoms with van der Waals surface area (Å²) in [5.41, 5.74) is 5.96. The van der Waals surface area contributed by atoms with Crippen LogP contribution in [0.15, 0.2) is 11.4 Å². The SMILES string of the molecule is C[C@H](N)C(=O)c1[c]scc1. The van der Waals surface area contributed by atoms with Gasteiger partial charge < -0.3 is 5.73 Å². The van der Waals surface area contributed by atoms with Crippen LogP contribution < -0.4 is 5.73 Å². The number of nitrogens with two attached hydrogens (primary N) is 1. The molecule has 0 bridgehead atoms. The molecule has 0 aromatic carbocycles. The maximum Gasteiger partial charge on any atom is 0.180 e. The maximum atomic E-state index is 11.1. The third-order valence-corrected chi connectivity index (χ3v) is 1.76. The average molecular weight is 154 g/mol. The lowest BCUT2D eigenvalue weighted by atomic mass is 10.1. The van der Waals surface area contributed by atoms with E-state index in [-0.39, 0.29) is 5.78 Å². The van der Waals surface area contributed by atoms with Crippen LogP contribution in [0, 0.1) is 5.38 Å². The van der Waals surface area contributed by atoms with E-state index in [1.54, 1.807) is 13.0 Å². The van der Waals surface area contributed by atoms with Gasteiger partial charge in [-0.15, -0.1) is 11.3 Å². The van der Waals surface area contributed by atoms with Crippen molar-refractivity contribution in [1.29, 1.82) is 0 Å². The Morgan fingerprint density at radius 1 is 1.90 bits per heavy atom. The lowest BCUT2D eigenvalue weighted by molar-refractivity contribution is 0.0968. The molecule has 1 aromatic heterocycles. The smallest absolute Gasteiger partial charge is 0.180 e. The van der Waals surface area contributed by atoms with Crippen molar-refractivity contribution in [2.75, 3.05) is 0 Å². The summed E-state index contributed by atoms with van der Waals surface area (Å²) in [7, 11) is 0. The van der Waals surface area contributed by atoms with Gasteiger partial charge in [0.05, 0.1) is 11.4 Å². The summed E-state index contributed by atoms with van der Waals surface area (Å²) in [4.78, 5) is 11.1. The summed E-state index contributed by atoms with van der Waals surface area (Å²) in [6.07, 6.45) is 0. The van der Waals surface area contributed by atoms with E-state index in [4.69, 9.17) is 5.73 Å². The van der Waals surface area contributed by atoms with Crippen molar-refractivity contribution in [3.8, 4) is 0 Å². The summed E-state index contributed by atoms with van der Waals surface area (Å²) < 4.78 is 0. The van der Waals surface area contributed by atoms with Gasteiger partial charge in [0.1, 0.15) is 0 Å². The first kappa shape index (κ1) is 7.44. The molecule has 0 unspecified atom stereocenters. The number of rotatable bonds is 2. The first-order valence-electron chi connectivity index (χ1n) is 2.97. The van der Waals surface area contributed by atoms with Gasteiger partial charge in [-0.2, -0.15) is 0 Å². The molecule has 0 spiro atoms. The number of Topliss-reactive ketones (excluding diaryl/α,β-unsaturated/α-hetero) is 1. The number of carbonyl (C=O) groups is 1. The molecule has 1 atom stereocenters. The molecule has 0 amide bonds. The second-order valence-corrected chi connectivity index (χ2v) is 2.80. The third-order valence-electron chi connectivity index (χ3n) is 1.15. The van der Waals surface area contributed by atoms with Gasteiger partial charge in [0.25, 0.3) is 0 Å². The van der Waals surface area contributed by atoms with Gasteiger partial charge >= 0.3 is 0 Å². The molecule has 0 saturated heterocycles. The lowest BCUT2D eigenvalue weighted by Gasteiger charge is -1.98. The average Bonchev–Trinajstić information content (AvgIpc) is 2.36. The molecule has 1 aromatic rings. The zero-order valence-electron chi connectivity index (χ0n) is 5.63. The highest BCUT2D eigenvalue weighted by atomic mass is 32.1. The molecule has 2 nitrogen and oxygen atoms in total. The van der Waals surface area contributed by atoms with Crippen LogP contribution in [0.25, 0.3) is 0 Å². The van der Waals surface area contributed by atoms with E-state index < -0.39 is 6.04 Å². The number of hydrogen-bond donors (Lipinski definition) is 1. The maximum absolute atomic E-state index is 11.1. The Bertz CT molecular complexity index is 216. The highest BCUT2D eigenvalue weighted by Crippen LogP contribution is 2.06. The minimum Gasteiger partial charge on any atom is -0.321 e. The van der Waals surface area contributed by atoms with Crippen LogP contribution >= 0.6 is 11.3 Å². The number of ketones is 1. The highest BCUT2D eigenvalue weighted by molar-refractivity contribution is 7.07. The van der Waals surface area contributed by atoms with E-state index in [1.807, 2.05) is 5.38 Å². The summed E-state index contributed by atoms with van der Waals surface area (Å²) >= 11 is 1.38. The molecule has 3 heteroatoms. The molecule has 1 rings (SSSR count). The van der Waals surface area contributed by atoms with Gasteiger partial charge in [-0.25, -0.2) is 0 Å². The fourth-order valence-corrected chi connectivity index (χ4v) is 1.18. The fraction of sp³-hybridized carbons (Fsp3) is 0.286. The topological polar surface area (TPSA) is 43.1 Å². The van der Waals surface area contributed by atoms with Crippen molar-refractivity contribution >= 4 is 17.1 Å². The van der Waals surface area contributed by atoms with Gasteiger partial charge in [0.15, 0.2) is 5.78 Å². The molecule has 2 N–H and O–H groups in total. The van der Waals surface area contributed by atoms with Crippen molar-refractivity contribution in [2.45, 2.75) is 13.0 Å². The first-order valence-corrected chi connectivity index (χ1v) is 3.84. The largest absolute Gasteiger partial charge is 0.321 e. The van der Waals surface area contributed by atoms with Crippen LogP contribution in [-0.4, -0.2) is 11.8 Å². The Morgan fingerprint density at radius 2 is 2.60 bits per heavy atom. The Morgan fingerprint density at radius 3 is 3.00 bits per heavy atom. The van der Waals surface area contributed by atoms with Gasteiger partial charge in [0, 0.05) is 5.56 Å². The quantitative estimate of drug-likeness (QED) is 0.648. The Labute approximate surface area is 63.7 Å². The Balaban J connectivity index is 2.78. The molecule has 0 fully saturated rings. The molecule has 53 valence electrons. The summed E-state index contributed by atoms with van der Waals surface area (Å²) in [5.74, 6) is -0.0405. The summed E-state index contributed by atoms with van der Waals surface area (Å²) in [6.45, 7) is 1.67. The van der Waals surface area contributed by atoms with E-state index in [0.29, 0.717) is 5.56 Å². The summed E-state index contributed by atoms with van der Waals surface area (Å²) in [5, 5.41) is 4.65. The zero-order valence-corrected chi connectivity index (χ0v) is 6.44. The van der Waals surface area contributed by atoms with Crippen LogP contribution in [0.1, 0.15) is 17.3 Å². The molecule has 1 radical (unpaired) electrons. The van der Waals surface area contributed by atoms with E-state index in [9.17, 15) is 4.79 Å². The minimum atomic E-state index is -0.411. The van der Waals surface area contributed by atoms with Gasteiger partial charge in [-0.1, -0.05) is 0 Å².